The highest BCUT2D eigenvalue weighted by atomic mass is 32.1. The van der Waals surface area contributed by atoms with Gasteiger partial charge < -0.3 is 14.8 Å². The maximum Gasteiger partial charge on any atom is 0.174 e. The molecule has 0 amide bonds. The Hall–Kier alpha value is -2.73. The molecule has 2 aromatic heterocycles. The number of halogens is 1. The van der Waals surface area contributed by atoms with Crippen LogP contribution in [0.4, 0.5) is 10.1 Å². The van der Waals surface area contributed by atoms with Crippen molar-refractivity contribution in [1.29, 1.82) is 0 Å². The molecule has 1 saturated heterocycles. The third-order valence-electron chi connectivity index (χ3n) is 4.41. The molecule has 3 aromatic rings. The summed E-state index contributed by atoms with van der Waals surface area (Å²) in [7, 11) is 1.97. The zero-order chi connectivity index (χ0) is 17.4. The molecule has 1 aliphatic rings. The van der Waals surface area contributed by atoms with Crippen LogP contribution in [0.25, 0.3) is 0 Å². The maximum absolute atomic E-state index is 14.5. The summed E-state index contributed by atoms with van der Waals surface area (Å²) in [6.07, 6.45) is 5.77. The third-order valence-corrected chi connectivity index (χ3v) is 4.72. The molecule has 0 bridgehead atoms. The molecular weight excluding hydrogens is 335 g/mol. The number of pyridine rings is 1. The number of anilines is 1. The van der Waals surface area contributed by atoms with Gasteiger partial charge in [-0.1, -0.05) is 18.2 Å². The molecule has 0 spiro atoms. The third kappa shape index (κ3) is 2.78. The number of hydrogen-bond acceptors (Lipinski definition) is 2. The quantitative estimate of drug-likeness (QED) is 0.728. The molecule has 4 nitrogen and oxygen atoms in total. The second-order valence-corrected chi connectivity index (χ2v) is 6.45. The van der Waals surface area contributed by atoms with Crippen molar-refractivity contribution >= 4 is 23.0 Å². The van der Waals surface area contributed by atoms with Gasteiger partial charge in [0.05, 0.1) is 23.5 Å². The van der Waals surface area contributed by atoms with Crippen molar-refractivity contribution < 1.29 is 4.39 Å². The number of para-hydroxylation sites is 1. The van der Waals surface area contributed by atoms with E-state index in [9.17, 15) is 4.39 Å². The number of benzene rings is 1. The Morgan fingerprint density at radius 1 is 1.12 bits per heavy atom. The molecular formula is C19H17FN4S. The fourth-order valence-electron chi connectivity index (χ4n) is 3.30. The van der Waals surface area contributed by atoms with E-state index in [1.807, 2.05) is 59.2 Å². The number of rotatable bonds is 3. The molecule has 0 saturated carbocycles. The van der Waals surface area contributed by atoms with Crippen LogP contribution >= 0.6 is 12.2 Å². The first kappa shape index (κ1) is 15.8. The second-order valence-electron chi connectivity index (χ2n) is 6.06. The van der Waals surface area contributed by atoms with Gasteiger partial charge in [0.15, 0.2) is 5.11 Å². The van der Waals surface area contributed by atoms with E-state index in [4.69, 9.17) is 12.2 Å². The molecule has 1 aromatic carbocycles. The molecule has 4 rings (SSSR count). The van der Waals surface area contributed by atoms with Crippen LogP contribution in [-0.2, 0) is 7.05 Å². The second kappa shape index (κ2) is 6.29. The van der Waals surface area contributed by atoms with Crippen molar-refractivity contribution in [2.24, 2.45) is 7.05 Å². The van der Waals surface area contributed by atoms with E-state index in [0.29, 0.717) is 10.8 Å². The van der Waals surface area contributed by atoms with Gasteiger partial charge in [0, 0.05) is 25.6 Å². The highest BCUT2D eigenvalue weighted by Crippen LogP contribution is 2.42. The molecule has 3 heterocycles. The summed E-state index contributed by atoms with van der Waals surface area (Å²) in [6.45, 7) is 0. The van der Waals surface area contributed by atoms with Gasteiger partial charge in [-0.05, 0) is 48.1 Å². The predicted octanol–water partition coefficient (Wildman–Crippen LogP) is 3.74. The van der Waals surface area contributed by atoms with Crippen LogP contribution in [0.2, 0.25) is 0 Å². The lowest BCUT2D eigenvalue weighted by molar-refractivity contribution is 0.558. The Morgan fingerprint density at radius 3 is 2.60 bits per heavy atom. The molecule has 0 unspecified atom stereocenters. The Morgan fingerprint density at radius 2 is 1.92 bits per heavy atom. The molecule has 0 radical (unpaired) electrons. The minimum absolute atomic E-state index is 0.157. The summed E-state index contributed by atoms with van der Waals surface area (Å²) in [4.78, 5) is 6.33. The zero-order valence-corrected chi connectivity index (χ0v) is 14.4. The number of aryl methyl sites for hydroxylation is 1. The molecule has 0 aliphatic carbocycles. The Kier molecular flexibility index (Phi) is 3.97. The SMILES string of the molecule is Cn1ccc([C@H]2[C@@H](c3ccccn3)NC(=S)N2c2ccccc2F)c1. The van der Waals surface area contributed by atoms with Crippen molar-refractivity contribution in [3.05, 3.63) is 84.2 Å². The van der Waals surface area contributed by atoms with Crippen LogP contribution in [0, 0.1) is 5.82 Å². The van der Waals surface area contributed by atoms with Crippen LogP contribution in [0.15, 0.2) is 67.1 Å². The van der Waals surface area contributed by atoms with Gasteiger partial charge in [-0.3, -0.25) is 4.98 Å². The molecule has 25 heavy (non-hydrogen) atoms. The monoisotopic (exact) mass is 352 g/mol. The van der Waals surface area contributed by atoms with Gasteiger partial charge >= 0.3 is 0 Å². The van der Waals surface area contributed by atoms with Crippen molar-refractivity contribution in [1.82, 2.24) is 14.9 Å². The summed E-state index contributed by atoms with van der Waals surface area (Å²) >= 11 is 5.56. The Bertz CT molecular complexity index is 909. The zero-order valence-electron chi connectivity index (χ0n) is 13.6. The number of nitrogens with zero attached hydrogens (tertiary/aromatic N) is 3. The van der Waals surface area contributed by atoms with Crippen LogP contribution in [-0.4, -0.2) is 14.7 Å². The van der Waals surface area contributed by atoms with Gasteiger partial charge in [-0.15, -0.1) is 0 Å². The highest BCUT2D eigenvalue weighted by Gasteiger charge is 2.41. The van der Waals surface area contributed by atoms with E-state index < -0.39 is 0 Å². The molecule has 1 N–H and O–H groups in total. The van der Waals surface area contributed by atoms with Gasteiger partial charge in [-0.25, -0.2) is 4.39 Å². The first-order chi connectivity index (χ1) is 12.1. The Balaban J connectivity index is 1.85. The van der Waals surface area contributed by atoms with Gasteiger partial charge in [0.2, 0.25) is 0 Å². The molecule has 2 atom stereocenters. The summed E-state index contributed by atoms with van der Waals surface area (Å²) in [5.74, 6) is -0.297. The maximum atomic E-state index is 14.5. The largest absolute Gasteiger partial charge is 0.357 e. The predicted molar refractivity (Wildman–Crippen MR) is 99.7 cm³/mol. The van der Waals surface area contributed by atoms with E-state index >= 15 is 0 Å². The van der Waals surface area contributed by atoms with Crippen molar-refractivity contribution in [2.75, 3.05) is 4.90 Å². The fraction of sp³-hybridized carbons (Fsp3) is 0.158. The van der Waals surface area contributed by atoms with Crippen molar-refractivity contribution in [3.63, 3.8) is 0 Å². The van der Waals surface area contributed by atoms with Crippen LogP contribution < -0.4 is 10.2 Å². The summed E-state index contributed by atoms with van der Waals surface area (Å²) < 4.78 is 16.5. The summed E-state index contributed by atoms with van der Waals surface area (Å²) in [5.41, 5.74) is 2.39. The van der Waals surface area contributed by atoms with E-state index in [1.165, 1.54) is 6.07 Å². The van der Waals surface area contributed by atoms with Crippen LogP contribution in [0.1, 0.15) is 23.3 Å². The van der Waals surface area contributed by atoms with E-state index in [0.717, 1.165) is 11.3 Å². The van der Waals surface area contributed by atoms with Crippen molar-refractivity contribution in [2.45, 2.75) is 12.1 Å². The number of hydrogen-bond donors (Lipinski definition) is 1. The first-order valence-electron chi connectivity index (χ1n) is 8.02. The van der Waals surface area contributed by atoms with E-state index in [2.05, 4.69) is 10.3 Å². The van der Waals surface area contributed by atoms with Crippen LogP contribution in [0.5, 0.6) is 0 Å². The van der Waals surface area contributed by atoms with Crippen LogP contribution in [0.3, 0.4) is 0 Å². The van der Waals surface area contributed by atoms with Gasteiger partial charge in [-0.2, -0.15) is 0 Å². The minimum atomic E-state index is -0.297. The molecule has 6 heteroatoms. The number of thiocarbonyl (C=S) groups is 1. The lowest BCUT2D eigenvalue weighted by Crippen LogP contribution is -2.30. The number of nitrogens with one attached hydrogen (secondary N) is 1. The minimum Gasteiger partial charge on any atom is -0.357 e. The molecule has 1 fully saturated rings. The average molecular weight is 352 g/mol. The lowest BCUT2D eigenvalue weighted by atomic mass is 9.98. The Labute approximate surface area is 150 Å². The van der Waals surface area contributed by atoms with Crippen molar-refractivity contribution in [3.8, 4) is 0 Å². The topological polar surface area (TPSA) is 33.1 Å². The normalized spacial score (nSPS) is 19.9. The van der Waals surface area contributed by atoms with E-state index in [-0.39, 0.29) is 17.9 Å². The molecule has 1 aliphatic heterocycles. The smallest absolute Gasteiger partial charge is 0.174 e. The van der Waals surface area contributed by atoms with Gasteiger partial charge in [0.25, 0.3) is 0 Å². The number of aromatic nitrogens is 2. The van der Waals surface area contributed by atoms with Gasteiger partial charge in [0.1, 0.15) is 5.82 Å². The first-order valence-corrected chi connectivity index (χ1v) is 8.43. The summed E-state index contributed by atoms with van der Waals surface area (Å²) in [5, 5.41) is 3.82. The standard InChI is InChI=1S/C19H17FN4S/c1-23-11-9-13(12-23)18-17(15-7-4-5-10-21-15)22-19(25)24(18)16-8-3-2-6-14(16)20/h2-12,17-18H,1H3,(H,22,25)/t17-,18+/m1/s1. The van der Waals surface area contributed by atoms with E-state index in [1.54, 1.807) is 18.3 Å². The average Bonchev–Trinajstić information content (AvgIpc) is 3.19. The molecule has 126 valence electrons. The fourth-order valence-corrected chi connectivity index (χ4v) is 3.64. The highest BCUT2D eigenvalue weighted by molar-refractivity contribution is 7.80. The summed E-state index contributed by atoms with van der Waals surface area (Å²) in [6, 6.07) is 14.2. The lowest BCUT2D eigenvalue weighted by Gasteiger charge is -2.27.